The van der Waals surface area contributed by atoms with Crippen LogP contribution in [0.3, 0.4) is 0 Å². The van der Waals surface area contributed by atoms with Gasteiger partial charge in [-0.05, 0) is 19.3 Å². The van der Waals surface area contributed by atoms with Crippen LogP contribution in [-0.4, -0.2) is 20.3 Å². The lowest BCUT2D eigenvalue weighted by molar-refractivity contribution is -0.0464. The highest BCUT2D eigenvalue weighted by molar-refractivity contribution is 6.67. The Morgan fingerprint density at radius 2 is 1.70 bits per heavy atom. The summed E-state index contributed by atoms with van der Waals surface area (Å²) in [5.41, 5.74) is 0. The second-order valence-corrected chi connectivity index (χ2v) is 4.50. The van der Waals surface area contributed by atoms with Gasteiger partial charge in [0, 0.05) is 0 Å². The quantitative estimate of drug-likeness (QED) is 0.548. The van der Waals surface area contributed by atoms with E-state index in [1.807, 2.05) is 0 Å². The van der Waals surface area contributed by atoms with Crippen LogP contribution < -0.4 is 0 Å². The number of alkyl halides is 3. The molecule has 0 saturated carbocycles. The molecule has 0 radical (unpaired) electrons. The zero-order valence-electron chi connectivity index (χ0n) is 5.23. The third-order valence-electron chi connectivity index (χ3n) is 0.923. The number of hydrogen-bond donors (Lipinski definition) is 2. The van der Waals surface area contributed by atoms with Crippen LogP contribution in [-0.2, 0) is 0 Å². The number of aliphatic hydroxyl groups is 2. The third-order valence-corrected chi connectivity index (χ3v) is 1.49. The summed E-state index contributed by atoms with van der Waals surface area (Å²) in [5.74, 6) is 0. The van der Waals surface area contributed by atoms with Gasteiger partial charge in [-0.15, -0.1) is 0 Å². The minimum atomic E-state index is -1.30. The van der Waals surface area contributed by atoms with Crippen molar-refractivity contribution in [2.24, 2.45) is 0 Å². The van der Waals surface area contributed by atoms with Crippen LogP contribution in [0, 0.1) is 0 Å². The summed E-state index contributed by atoms with van der Waals surface area (Å²) in [7, 11) is 0. The van der Waals surface area contributed by atoms with Crippen molar-refractivity contribution in [2.75, 3.05) is 0 Å². The van der Waals surface area contributed by atoms with Gasteiger partial charge in [0.1, 0.15) is 0 Å². The van der Waals surface area contributed by atoms with Crippen molar-refractivity contribution in [3.63, 3.8) is 0 Å². The topological polar surface area (TPSA) is 40.5 Å². The van der Waals surface area contributed by atoms with Gasteiger partial charge < -0.3 is 10.2 Å². The van der Waals surface area contributed by atoms with Gasteiger partial charge in [-0.25, -0.2) is 0 Å². The Kier molecular flexibility index (Phi) is 4.99. The highest BCUT2D eigenvalue weighted by Gasteiger charge is 2.18. The van der Waals surface area contributed by atoms with Gasteiger partial charge >= 0.3 is 0 Å². The summed E-state index contributed by atoms with van der Waals surface area (Å²) >= 11 is 16.2. The van der Waals surface area contributed by atoms with E-state index in [0.717, 1.165) is 0 Å². The van der Waals surface area contributed by atoms with Crippen molar-refractivity contribution < 1.29 is 10.2 Å². The lowest BCUT2D eigenvalue weighted by Gasteiger charge is -2.09. The van der Waals surface area contributed by atoms with Gasteiger partial charge in [0.15, 0.2) is 10.1 Å². The first-order valence-electron chi connectivity index (χ1n) is 2.85. The average molecular weight is 207 g/mol. The molecule has 5 heteroatoms. The predicted molar refractivity (Wildman–Crippen MR) is 42.4 cm³/mol. The van der Waals surface area contributed by atoms with Gasteiger partial charge in [-0.2, -0.15) is 0 Å². The fraction of sp³-hybridized carbons (Fsp3) is 1.00. The monoisotopic (exact) mass is 206 g/mol. The summed E-state index contributed by atoms with van der Waals surface area (Å²) in [6, 6.07) is 0. The van der Waals surface area contributed by atoms with E-state index in [-0.39, 0.29) is 6.42 Å². The molecular weight excluding hydrogens is 198 g/mol. The number of aliphatic hydroxyl groups excluding tert-OH is 1. The van der Waals surface area contributed by atoms with Crippen molar-refractivity contribution in [1.82, 2.24) is 0 Å². The molecule has 2 nitrogen and oxygen atoms in total. The second kappa shape index (κ2) is 4.62. The summed E-state index contributed by atoms with van der Waals surface area (Å²) < 4.78 is -1.27. The normalized spacial score (nSPS) is 12.6. The first-order valence-corrected chi connectivity index (χ1v) is 3.98. The van der Waals surface area contributed by atoms with Crippen molar-refractivity contribution in [3.05, 3.63) is 0 Å². The minimum absolute atomic E-state index is 0.244. The average Bonchev–Trinajstić information content (AvgIpc) is 1.59. The molecule has 0 aromatic rings. The maximum atomic E-state index is 8.38. The van der Waals surface area contributed by atoms with Crippen LogP contribution in [0.1, 0.15) is 19.3 Å². The van der Waals surface area contributed by atoms with Gasteiger partial charge in [0.25, 0.3) is 0 Å². The largest absolute Gasteiger partial charge is 0.368 e. The number of halogens is 3. The molecule has 2 N–H and O–H groups in total. The van der Waals surface area contributed by atoms with Crippen LogP contribution in [0.4, 0.5) is 0 Å². The van der Waals surface area contributed by atoms with Crippen molar-refractivity contribution in [2.45, 2.75) is 29.3 Å². The summed E-state index contributed by atoms with van der Waals surface area (Å²) in [4.78, 5) is 0. The van der Waals surface area contributed by atoms with Crippen molar-refractivity contribution >= 4 is 34.8 Å². The molecule has 62 valence electrons. The van der Waals surface area contributed by atoms with E-state index < -0.39 is 10.1 Å². The molecule has 0 aliphatic rings. The molecule has 0 unspecified atom stereocenters. The molecule has 0 aliphatic carbocycles. The molecule has 0 atom stereocenters. The van der Waals surface area contributed by atoms with E-state index in [1.54, 1.807) is 0 Å². The predicted octanol–water partition coefficient (Wildman–Crippen LogP) is 1.84. The van der Waals surface area contributed by atoms with E-state index in [9.17, 15) is 0 Å². The standard InChI is InChI=1S/C5H9Cl3O2/c6-5(7,8)3-1-2-4(9)10/h4,9-10H,1-3H2. The zero-order chi connectivity index (χ0) is 8.20. The summed E-state index contributed by atoms with van der Waals surface area (Å²) in [6.07, 6.45) is -0.218. The molecule has 0 saturated heterocycles. The second-order valence-electron chi connectivity index (χ2n) is 1.99. The first-order chi connectivity index (χ1) is 4.42. The molecule has 0 rings (SSSR count). The molecule has 0 bridgehead atoms. The number of hydrogen-bond acceptors (Lipinski definition) is 2. The zero-order valence-corrected chi connectivity index (χ0v) is 7.49. The SMILES string of the molecule is OC(O)CCCC(Cl)(Cl)Cl. The molecule has 0 aromatic carbocycles. The van der Waals surface area contributed by atoms with E-state index in [1.165, 1.54) is 0 Å². The van der Waals surface area contributed by atoms with E-state index in [0.29, 0.717) is 12.8 Å². The van der Waals surface area contributed by atoms with Crippen LogP contribution >= 0.6 is 34.8 Å². The molecule has 0 fully saturated rings. The van der Waals surface area contributed by atoms with E-state index in [4.69, 9.17) is 45.0 Å². The molecule has 0 aliphatic heterocycles. The lowest BCUT2D eigenvalue weighted by atomic mass is 10.2. The Morgan fingerprint density at radius 3 is 2.00 bits per heavy atom. The molecule has 0 spiro atoms. The molecule has 0 amide bonds. The Labute approximate surface area is 74.7 Å². The van der Waals surface area contributed by atoms with Gasteiger partial charge in [-0.1, -0.05) is 34.8 Å². The summed E-state index contributed by atoms with van der Waals surface area (Å²) in [5, 5.41) is 16.8. The van der Waals surface area contributed by atoms with Gasteiger partial charge in [0.05, 0.1) is 0 Å². The van der Waals surface area contributed by atoms with Gasteiger partial charge in [0.2, 0.25) is 0 Å². The maximum absolute atomic E-state index is 8.38. The smallest absolute Gasteiger partial charge is 0.190 e. The van der Waals surface area contributed by atoms with Gasteiger partial charge in [-0.3, -0.25) is 0 Å². The van der Waals surface area contributed by atoms with E-state index >= 15 is 0 Å². The minimum Gasteiger partial charge on any atom is -0.368 e. The molecule has 10 heavy (non-hydrogen) atoms. The number of rotatable bonds is 3. The Morgan fingerprint density at radius 1 is 1.20 bits per heavy atom. The first kappa shape index (κ1) is 10.8. The molecule has 0 aromatic heterocycles. The Bertz CT molecular complexity index is 89.4. The Balaban J connectivity index is 3.21. The maximum Gasteiger partial charge on any atom is 0.190 e. The van der Waals surface area contributed by atoms with E-state index in [2.05, 4.69) is 0 Å². The fourth-order valence-corrected chi connectivity index (χ4v) is 0.886. The fourth-order valence-electron chi connectivity index (χ4n) is 0.485. The molecular formula is C5H9Cl3O2. The third kappa shape index (κ3) is 8.79. The van der Waals surface area contributed by atoms with Crippen LogP contribution in [0.5, 0.6) is 0 Å². The Hall–Kier alpha value is 0.790. The van der Waals surface area contributed by atoms with Crippen LogP contribution in [0.15, 0.2) is 0 Å². The van der Waals surface area contributed by atoms with Crippen molar-refractivity contribution in [1.29, 1.82) is 0 Å². The lowest BCUT2D eigenvalue weighted by Crippen LogP contribution is -2.07. The summed E-state index contributed by atoms with van der Waals surface area (Å²) in [6.45, 7) is 0. The molecule has 0 heterocycles. The van der Waals surface area contributed by atoms with Crippen LogP contribution in [0.2, 0.25) is 0 Å². The highest BCUT2D eigenvalue weighted by atomic mass is 35.6. The highest BCUT2D eigenvalue weighted by Crippen LogP contribution is 2.31. The van der Waals surface area contributed by atoms with Crippen molar-refractivity contribution in [3.8, 4) is 0 Å². The van der Waals surface area contributed by atoms with Crippen LogP contribution in [0.25, 0.3) is 0 Å².